The van der Waals surface area contributed by atoms with Crippen molar-refractivity contribution >= 4 is 37.5 Å². The number of sulfonamides is 1. The molecular formula is C18H16N4O2S. The summed E-state index contributed by atoms with van der Waals surface area (Å²) in [6, 6.07) is 15.7. The number of benzene rings is 2. The van der Waals surface area contributed by atoms with Gasteiger partial charge in [0.05, 0.1) is 22.7 Å². The molecule has 1 aliphatic rings. The van der Waals surface area contributed by atoms with Crippen LogP contribution < -0.4 is 4.31 Å². The second-order valence-corrected chi connectivity index (χ2v) is 8.33. The lowest BCUT2D eigenvalue weighted by Crippen LogP contribution is -2.24. The zero-order valence-electron chi connectivity index (χ0n) is 13.4. The zero-order chi connectivity index (χ0) is 17.0. The van der Waals surface area contributed by atoms with E-state index < -0.39 is 10.0 Å². The standard InChI is InChI=1S/C18H16N4O2S/c23-25(24)9-3-8-22(25)13-6-7-16-14(11-13)18(21-20-16)17-10-12-4-1-2-5-15(12)19-17/h1-2,4-7,10-11,19H,3,8-9H2,(H,20,21). The predicted molar refractivity (Wildman–Crippen MR) is 99.1 cm³/mol. The molecular weight excluding hydrogens is 336 g/mol. The molecule has 3 heterocycles. The van der Waals surface area contributed by atoms with Gasteiger partial charge in [0.25, 0.3) is 0 Å². The number of nitrogens with one attached hydrogen (secondary N) is 2. The number of aromatic nitrogens is 3. The SMILES string of the molecule is O=S1(=O)CCCN1c1ccc2[nH]nc(-c3cc4ccccc4[nH]3)c2c1. The van der Waals surface area contributed by atoms with Crippen LogP contribution in [0.15, 0.2) is 48.5 Å². The highest BCUT2D eigenvalue weighted by molar-refractivity contribution is 7.93. The molecule has 0 atom stereocenters. The summed E-state index contributed by atoms with van der Waals surface area (Å²) in [5.74, 6) is 0.214. The van der Waals surface area contributed by atoms with E-state index in [2.05, 4.69) is 21.2 Å². The minimum Gasteiger partial charge on any atom is -0.353 e. The quantitative estimate of drug-likeness (QED) is 0.581. The molecule has 2 N–H and O–H groups in total. The number of nitrogens with zero attached hydrogens (tertiary/aromatic N) is 2. The van der Waals surface area contributed by atoms with Gasteiger partial charge in [-0.05, 0) is 36.8 Å². The molecule has 2 aromatic carbocycles. The van der Waals surface area contributed by atoms with Crippen LogP contribution >= 0.6 is 0 Å². The van der Waals surface area contributed by atoms with Gasteiger partial charge in [0, 0.05) is 22.8 Å². The van der Waals surface area contributed by atoms with Gasteiger partial charge in [-0.1, -0.05) is 18.2 Å². The van der Waals surface area contributed by atoms with E-state index in [1.807, 2.05) is 42.5 Å². The Labute approximate surface area is 144 Å². The lowest BCUT2D eigenvalue weighted by Gasteiger charge is -2.16. The highest BCUT2D eigenvalue weighted by Crippen LogP contribution is 2.33. The number of hydrogen-bond donors (Lipinski definition) is 2. The molecule has 25 heavy (non-hydrogen) atoms. The highest BCUT2D eigenvalue weighted by atomic mass is 32.2. The molecule has 0 bridgehead atoms. The minimum atomic E-state index is -3.19. The van der Waals surface area contributed by atoms with Crippen molar-refractivity contribution in [3.8, 4) is 11.4 Å². The first-order valence-corrected chi connectivity index (χ1v) is 9.79. The summed E-state index contributed by atoms with van der Waals surface area (Å²) in [6.45, 7) is 0.535. The van der Waals surface area contributed by atoms with Crippen molar-refractivity contribution in [3.63, 3.8) is 0 Å². The first-order valence-electron chi connectivity index (χ1n) is 8.18. The third-order valence-corrected chi connectivity index (χ3v) is 6.59. The van der Waals surface area contributed by atoms with Crippen molar-refractivity contribution in [2.75, 3.05) is 16.6 Å². The number of para-hydroxylation sites is 1. The van der Waals surface area contributed by atoms with Crippen LogP contribution in [-0.2, 0) is 10.0 Å². The fourth-order valence-electron chi connectivity index (χ4n) is 3.49. The van der Waals surface area contributed by atoms with Gasteiger partial charge in [0.1, 0.15) is 5.69 Å². The lowest BCUT2D eigenvalue weighted by molar-refractivity contribution is 0.599. The van der Waals surface area contributed by atoms with Crippen LogP contribution in [0.5, 0.6) is 0 Å². The Morgan fingerprint density at radius 2 is 1.92 bits per heavy atom. The molecule has 0 aliphatic carbocycles. The maximum atomic E-state index is 12.2. The van der Waals surface area contributed by atoms with Gasteiger partial charge >= 0.3 is 0 Å². The summed E-state index contributed by atoms with van der Waals surface area (Å²) in [5.41, 5.74) is 4.34. The summed E-state index contributed by atoms with van der Waals surface area (Å²) in [6.07, 6.45) is 0.667. The molecule has 0 spiro atoms. The van der Waals surface area contributed by atoms with E-state index in [1.54, 1.807) is 0 Å². The van der Waals surface area contributed by atoms with E-state index in [0.717, 1.165) is 33.2 Å². The molecule has 0 unspecified atom stereocenters. The molecule has 1 saturated heterocycles. The van der Waals surface area contributed by atoms with Crippen LogP contribution in [0.1, 0.15) is 6.42 Å². The van der Waals surface area contributed by atoms with Gasteiger partial charge in [0.2, 0.25) is 10.0 Å². The topological polar surface area (TPSA) is 81.8 Å². The monoisotopic (exact) mass is 352 g/mol. The van der Waals surface area contributed by atoms with Gasteiger partial charge in [-0.3, -0.25) is 9.40 Å². The minimum absolute atomic E-state index is 0.214. The molecule has 1 fully saturated rings. The summed E-state index contributed by atoms with van der Waals surface area (Å²) >= 11 is 0. The Hall–Kier alpha value is -2.80. The Balaban J connectivity index is 1.68. The van der Waals surface area contributed by atoms with Crippen LogP contribution in [0.2, 0.25) is 0 Å². The van der Waals surface area contributed by atoms with E-state index in [-0.39, 0.29) is 5.75 Å². The molecule has 0 amide bonds. The maximum Gasteiger partial charge on any atom is 0.235 e. The van der Waals surface area contributed by atoms with Gasteiger partial charge in [-0.25, -0.2) is 8.42 Å². The summed E-state index contributed by atoms with van der Waals surface area (Å²) in [5, 5.41) is 9.50. The Morgan fingerprint density at radius 1 is 1.04 bits per heavy atom. The average molecular weight is 352 g/mol. The van der Waals surface area contributed by atoms with E-state index in [1.165, 1.54) is 4.31 Å². The fraction of sp³-hybridized carbons (Fsp3) is 0.167. The Kier molecular flexibility index (Phi) is 2.96. The van der Waals surface area contributed by atoms with Gasteiger partial charge in [0.15, 0.2) is 0 Å². The number of H-pyrrole nitrogens is 2. The van der Waals surface area contributed by atoms with Gasteiger partial charge in [-0.2, -0.15) is 5.10 Å². The molecule has 0 saturated carbocycles. The van der Waals surface area contributed by atoms with E-state index in [4.69, 9.17) is 0 Å². The third-order valence-electron chi connectivity index (χ3n) is 4.72. The van der Waals surface area contributed by atoms with Crippen LogP contribution in [0.25, 0.3) is 33.2 Å². The maximum absolute atomic E-state index is 12.2. The first-order chi connectivity index (χ1) is 12.1. The summed E-state index contributed by atoms with van der Waals surface area (Å²) in [4.78, 5) is 3.38. The molecule has 6 nitrogen and oxygen atoms in total. The van der Waals surface area contributed by atoms with Crippen molar-refractivity contribution in [1.29, 1.82) is 0 Å². The van der Waals surface area contributed by atoms with Crippen molar-refractivity contribution in [1.82, 2.24) is 15.2 Å². The summed E-state index contributed by atoms with van der Waals surface area (Å²) in [7, 11) is -3.19. The molecule has 2 aromatic heterocycles. The number of rotatable bonds is 2. The largest absolute Gasteiger partial charge is 0.353 e. The molecule has 4 aromatic rings. The average Bonchev–Trinajstić information content (AvgIpc) is 3.29. The third kappa shape index (κ3) is 2.23. The van der Waals surface area contributed by atoms with E-state index in [0.29, 0.717) is 18.7 Å². The smallest absolute Gasteiger partial charge is 0.235 e. The first kappa shape index (κ1) is 14.5. The molecule has 1 aliphatic heterocycles. The molecule has 0 radical (unpaired) electrons. The predicted octanol–water partition coefficient (Wildman–Crippen LogP) is 3.25. The number of fused-ring (bicyclic) bond motifs is 2. The normalized spacial score (nSPS) is 16.9. The summed E-state index contributed by atoms with van der Waals surface area (Å²) < 4.78 is 25.9. The van der Waals surface area contributed by atoms with Crippen LogP contribution in [-0.4, -0.2) is 35.9 Å². The van der Waals surface area contributed by atoms with Gasteiger partial charge < -0.3 is 4.98 Å². The highest BCUT2D eigenvalue weighted by Gasteiger charge is 2.28. The lowest BCUT2D eigenvalue weighted by atomic mass is 10.1. The number of hydrogen-bond acceptors (Lipinski definition) is 3. The van der Waals surface area contributed by atoms with E-state index in [9.17, 15) is 8.42 Å². The number of aromatic amines is 2. The molecule has 7 heteroatoms. The number of anilines is 1. The Morgan fingerprint density at radius 3 is 2.72 bits per heavy atom. The van der Waals surface area contributed by atoms with Crippen LogP contribution in [0.3, 0.4) is 0 Å². The van der Waals surface area contributed by atoms with Crippen molar-refractivity contribution in [2.45, 2.75) is 6.42 Å². The second-order valence-electron chi connectivity index (χ2n) is 6.31. The van der Waals surface area contributed by atoms with Crippen LogP contribution in [0.4, 0.5) is 5.69 Å². The zero-order valence-corrected chi connectivity index (χ0v) is 14.2. The van der Waals surface area contributed by atoms with Crippen LogP contribution in [0, 0.1) is 0 Å². The molecule has 126 valence electrons. The van der Waals surface area contributed by atoms with Crippen molar-refractivity contribution in [3.05, 3.63) is 48.5 Å². The van der Waals surface area contributed by atoms with Crippen molar-refractivity contribution in [2.24, 2.45) is 0 Å². The Bertz CT molecular complexity index is 1170. The fourth-order valence-corrected chi connectivity index (χ4v) is 5.05. The second kappa shape index (κ2) is 5.10. The molecule has 5 rings (SSSR count). The van der Waals surface area contributed by atoms with Crippen molar-refractivity contribution < 1.29 is 8.42 Å². The van der Waals surface area contributed by atoms with E-state index >= 15 is 0 Å². The van der Waals surface area contributed by atoms with Gasteiger partial charge in [-0.15, -0.1) is 0 Å².